The van der Waals surface area contributed by atoms with Crippen molar-refractivity contribution in [2.24, 2.45) is 0 Å². The molecular formula is C14H23N3O12. The first-order valence-corrected chi connectivity index (χ1v) is 8.34. The fourth-order valence-electron chi connectivity index (χ4n) is 2.07. The molecule has 1 unspecified atom stereocenters. The number of carbonyl (C=O) groups is 2. The third-order valence-corrected chi connectivity index (χ3v) is 3.43. The molecule has 0 saturated carbocycles. The molecule has 1 amide bonds. The molecule has 1 atom stereocenters. The van der Waals surface area contributed by atoms with E-state index >= 15 is 0 Å². The second-order valence-corrected chi connectivity index (χ2v) is 5.65. The molecule has 0 spiro atoms. The maximum Gasteiger partial charge on any atom is 0.519 e. The van der Waals surface area contributed by atoms with Gasteiger partial charge in [-0.1, -0.05) is 6.42 Å². The largest absolute Gasteiger partial charge is 0.519 e. The lowest BCUT2D eigenvalue weighted by molar-refractivity contribution is -0.527. The molecule has 0 aliphatic carbocycles. The van der Waals surface area contributed by atoms with Crippen LogP contribution in [0.5, 0.6) is 0 Å². The number of rotatable bonds is 14. The summed E-state index contributed by atoms with van der Waals surface area (Å²) in [6.45, 7) is 0.382. The van der Waals surface area contributed by atoms with Crippen LogP contribution >= 0.6 is 0 Å². The van der Waals surface area contributed by atoms with Crippen LogP contribution < -0.4 is 11.1 Å². The first-order chi connectivity index (χ1) is 13.7. The van der Waals surface area contributed by atoms with E-state index in [4.69, 9.17) is 25.6 Å². The van der Waals surface area contributed by atoms with Gasteiger partial charge in [0, 0.05) is 6.42 Å². The van der Waals surface area contributed by atoms with Gasteiger partial charge < -0.3 is 18.9 Å². The van der Waals surface area contributed by atoms with Crippen molar-refractivity contribution in [1.29, 1.82) is 0 Å². The van der Waals surface area contributed by atoms with Crippen molar-refractivity contribution >= 4 is 11.9 Å². The summed E-state index contributed by atoms with van der Waals surface area (Å²) < 4.78 is 14.1. The third kappa shape index (κ3) is 11.3. The van der Waals surface area contributed by atoms with Gasteiger partial charge in [-0.15, -0.1) is 0 Å². The zero-order valence-corrected chi connectivity index (χ0v) is 15.5. The summed E-state index contributed by atoms with van der Waals surface area (Å²) in [6.07, 6.45) is 0.0610. The van der Waals surface area contributed by atoms with Gasteiger partial charge in [0.05, 0.1) is 10.8 Å². The van der Waals surface area contributed by atoms with E-state index in [1.165, 1.54) is 6.92 Å². The van der Waals surface area contributed by atoms with E-state index < -0.39 is 41.2 Å². The van der Waals surface area contributed by atoms with Crippen LogP contribution in [-0.4, -0.2) is 62.7 Å². The first-order valence-electron chi connectivity index (χ1n) is 8.34. The molecule has 15 heteroatoms. The second-order valence-electron chi connectivity index (χ2n) is 5.65. The molecule has 0 aliphatic rings. The molecule has 0 aliphatic heterocycles. The Balaban J connectivity index is 2.19. The summed E-state index contributed by atoms with van der Waals surface area (Å²) in [5.74, 6) is -1.81. The highest BCUT2D eigenvalue weighted by Gasteiger charge is 2.16. The number of nitrogens with zero attached hydrogens (tertiary/aromatic N) is 2. The smallest absolute Gasteiger partial charge is 0.456 e. The monoisotopic (exact) mass is 425 g/mol. The number of esters is 1. The van der Waals surface area contributed by atoms with Gasteiger partial charge in [-0.2, -0.15) is 0 Å². The molecule has 5 N–H and O–H groups in total. The van der Waals surface area contributed by atoms with E-state index in [0.29, 0.717) is 12.8 Å². The van der Waals surface area contributed by atoms with Crippen molar-refractivity contribution in [3.63, 3.8) is 0 Å². The number of carbonyl (C=O) groups excluding carboxylic acids is 2. The maximum atomic E-state index is 11.7. The molecule has 15 nitrogen and oxygen atoms in total. The zero-order chi connectivity index (χ0) is 21.8. The molecule has 1 rings (SSSR count). The van der Waals surface area contributed by atoms with Crippen molar-refractivity contribution in [1.82, 2.24) is 16.1 Å². The lowest BCUT2D eigenvalue weighted by Gasteiger charge is -2.18. The summed E-state index contributed by atoms with van der Waals surface area (Å²) >= 11 is 0. The van der Waals surface area contributed by atoms with Crippen LogP contribution in [0.3, 0.4) is 0 Å². The Morgan fingerprint density at radius 1 is 1.14 bits per heavy atom. The number of ether oxygens (including phenoxy) is 1. The van der Waals surface area contributed by atoms with E-state index in [1.54, 1.807) is 0 Å². The van der Waals surface area contributed by atoms with E-state index in [1.807, 2.05) is 0 Å². The van der Waals surface area contributed by atoms with Crippen molar-refractivity contribution < 1.29 is 53.7 Å². The third-order valence-electron chi connectivity index (χ3n) is 3.43. The number of nitrogens with one attached hydrogen (secondary N) is 1. The lowest BCUT2D eigenvalue weighted by atomic mass is 10.1. The second kappa shape index (κ2) is 13.0. The van der Waals surface area contributed by atoms with E-state index in [0.717, 1.165) is 0 Å². The fraction of sp³-hybridized carbons (Fsp3) is 0.643. The average Bonchev–Trinajstić information content (AvgIpc) is 2.96. The molecule has 0 aromatic carbocycles. The van der Waals surface area contributed by atoms with E-state index in [-0.39, 0.29) is 37.5 Å². The van der Waals surface area contributed by atoms with Crippen molar-refractivity contribution in [3.8, 4) is 0 Å². The summed E-state index contributed by atoms with van der Waals surface area (Å²) in [6, 6.07) is 0. The normalized spacial score (nSPS) is 12.4. The molecule has 166 valence electrons. The van der Waals surface area contributed by atoms with Crippen LogP contribution in [0.2, 0.25) is 0 Å². The van der Waals surface area contributed by atoms with Crippen LogP contribution in [0.15, 0.2) is 13.6 Å². The van der Waals surface area contributed by atoms with E-state index in [2.05, 4.69) is 23.8 Å². The van der Waals surface area contributed by atoms with Gasteiger partial charge in [0.15, 0.2) is 18.1 Å². The van der Waals surface area contributed by atoms with Gasteiger partial charge in [-0.3, -0.25) is 30.4 Å². The quantitative estimate of drug-likeness (QED) is 0.147. The SMILES string of the molecule is Cc1oc(=O)oc1COC(=O)CNC(=O)CCCCC(CON(O)O)ON(O)O. The Kier molecular flexibility index (Phi) is 11.0. The number of hydrogen-bond acceptors (Lipinski definition) is 14. The molecule has 0 fully saturated rings. The minimum Gasteiger partial charge on any atom is -0.456 e. The highest BCUT2D eigenvalue weighted by molar-refractivity contribution is 5.81. The summed E-state index contributed by atoms with van der Waals surface area (Å²) in [5, 5.41) is 35.4. The predicted octanol–water partition coefficient (Wildman–Crippen LogP) is -0.346. The van der Waals surface area contributed by atoms with Gasteiger partial charge in [0.2, 0.25) is 5.91 Å². The Morgan fingerprint density at radius 3 is 2.45 bits per heavy atom. The van der Waals surface area contributed by atoms with Crippen molar-refractivity contribution in [2.75, 3.05) is 13.2 Å². The van der Waals surface area contributed by atoms with E-state index in [9.17, 15) is 14.4 Å². The molecule has 0 radical (unpaired) electrons. The Morgan fingerprint density at radius 2 is 1.86 bits per heavy atom. The van der Waals surface area contributed by atoms with Gasteiger partial charge in [0.1, 0.15) is 19.3 Å². The lowest BCUT2D eigenvalue weighted by Crippen LogP contribution is -2.31. The molecule has 0 saturated heterocycles. The number of aryl methyl sites for hydroxylation is 1. The zero-order valence-electron chi connectivity index (χ0n) is 15.5. The molecule has 1 heterocycles. The van der Waals surface area contributed by atoms with Crippen LogP contribution in [0.1, 0.15) is 37.2 Å². The summed E-state index contributed by atoms with van der Waals surface area (Å²) in [4.78, 5) is 43.0. The number of amides is 1. The molecule has 1 aromatic heterocycles. The Bertz CT molecular complexity index is 686. The fourth-order valence-corrected chi connectivity index (χ4v) is 2.07. The highest BCUT2D eigenvalue weighted by Crippen LogP contribution is 2.09. The minimum atomic E-state index is -0.934. The molecule has 1 aromatic rings. The molecule has 29 heavy (non-hydrogen) atoms. The highest BCUT2D eigenvalue weighted by atomic mass is 17.1. The number of hydrogen-bond donors (Lipinski definition) is 5. The van der Waals surface area contributed by atoms with Gasteiger partial charge in [-0.25, -0.2) is 14.5 Å². The van der Waals surface area contributed by atoms with Crippen LogP contribution in [0.25, 0.3) is 0 Å². The topological polar surface area (TPSA) is 205 Å². The molecular weight excluding hydrogens is 402 g/mol. The number of unbranched alkanes of at least 4 members (excludes halogenated alkanes) is 1. The summed E-state index contributed by atoms with van der Waals surface area (Å²) in [7, 11) is 0. The molecule has 0 bridgehead atoms. The summed E-state index contributed by atoms with van der Waals surface area (Å²) in [5.41, 5.74) is 0. The standard InChI is InChI=1S/C14H23N3O12/c1-9-11(28-14(20)27-9)8-25-13(19)6-15-12(18)5-3-2-4-10(29-17(23)24)7-26-16(21)22/h10,21-24H,2-8H2,1H3,(H,15,18). The van der Waals surface area contributed by atoms with Gasteiger partial charge in [-0.05, 0) is 19.8 Å². The van der Waals surface area contributed by atoms with Gasteiger partial charge in [0.25, 0.3) is 0 Å². The van der Waals surface area contributed by atoms with Gasteiger partial charge >= 0.3 is 11.8 Å². The van der Waals surface area contributed by atoms with Crippen LogP contribution in [-0.2, 0) is 30.6 Å². The van der Waals surface area contributed by atoms with Crippen molar-refractivity contribution in [2.45, 2.75) is 45.3 Å². The van der Waals surface area contributed by atoms with Crippen LogP contribution in [0.4, 0.5) is 0 Å². The van der Waals surface area contributed by atoms with Crippen molar-refractivity contribution in [3.05, 3.63) is 22.1 Å². The first kappa shape index (κ1) is 24.7. The van der Waals surface area contributed by atoms with Crippen LogP contribution in [0, 0.1) is 6.92 Å². The Labute approximate surface area is 163 Å². The minimum absolute atomic E-state index is 0.0602. The predicted molar refractivity (Wildman–Crippen MR) is 84.9 cm³/mol. The maximum absolute atomic E-state index is 11.7. The average molecular weight is 425 g/mol. The Hall–Kier alpha value is -2.37.